The molecule has 5 heterocycles. The first kappa shape index (κ1) is 36.1. The Morgan fingerprint density at radius 2 is 0.845 bits per heavy atom. The second-order valence-corrected chi connectivity index (χ2v) is 14.1. The van der Waals surface area contributed by atoms with Gasteiger partial charge in [-0.1, -0.05) is 121 Å². The largest absolute Gasteiger partial charge is 0.468 e. The SMILES string of the molecule is COC(=O)C(Cc1cc2[nH]c1c(-c1ccccc1)c1nc(c(-c3ccccc3)c3ccc([nH]3)c(-c3ccccc3)c3nc(c2-c2ccccc2)C=C3)C=C1)C(=O)OC. The molecule has 0 radical (unpaired) electrons. The average molecular weight is 759 g/mol. The molecule has 282 valence electrons. The van der Waals surface area contributed by atoms with Crippen LogP contribution in [0.4, 0.5) is 0 Å². The maximum atomic E-state index is 13.2. The van der Waals surface area contributed by atoms with Gasteiger partial charge >= 0.3 is 11.9 Å². The zero-order valence-electron chi connectivity index (χ0n) is 31.9. The van der Waals surface area contributed by atoms with Crippen molar-refractivity contribution in [2.45, 2.75) is 6.42 Å². The molecule has 0 spiro atoms. The second-order valence-electron chi connectivity index (χ2n) is 14.1. The van der Waals surface area contributed by atoms with Crippen molar-refractivity contribution in [3.8, 4) is 44.5 Å². The van der Waals surface area contributed by atoms with Crippen LogP contribution in [0.2, 0.25) is 0 Å². The number of benzene rings is 4. The Labute approximate surface area is 335 Å². The molecule has 9 rings (SSSR count). The molecule has 0 atom stereocenters. The Kier molecular flexibility index (Phi) is 9.65. The molecule has 2 aliphatic rings. The van der Waals surface area contributed by atoms with Gasteiger partial charge < -0.3 is 19.4 Å². The number of ether oxygens (including phenoxy) is 2. The van der Waals surface area contributed by atoms with E-state index in [2.05, 4.69) is 64.6 Å². The third-order valence-electron chi connectivity index (χ3n) is 10.6. The van der Waals surface area contributed by atoms with Gasteiger partial charge in [0, 0.05) is 38.8 Å². The first-order valence-corrected chi connectivity index (χ1v) is 19.1. The van der Waals surface area contributed by atoms with Crippen LogP contribution in [0.25, 0.3) is 90.9 Å². The molecule has 7 aromatic rings. The number of hydrogen-bond donors (Lipinski definition) is 2. The molecule has 58 heavy (non-hydrogen) atoms. The molecular formula is C50H38N4O4. The van der Waals surface area contributed by atoms with Crippen molar-refractivity contribution in [3.05, 3.63) is 168 Å². The molecule has 8 heteroatoms. The number of carbonyl (C=O) groups is 2. The van der Waals surface area contributed by atoms with Crippen molar-refractivity contribution >= 4 is 58.3 Å². The summed E-state index contributed by atoms with van der Waals surface area (Å²) in [6.07, 6.45) is 8.18. The summed E-state index contributed by atoms with van der Waals surface area (Å²) < 4.78 is 10.3. The summed E-state index contributed by atoms with van der Waals surface area (Å²) in [7, 11) is 2.56. The van der Waals surface area contributed by atoms with Crippen molar-refractivity contribution in [1.82, 2.24) is 19.9 Å². The van der Waals surface area contributed by atoms with Gasteiger partial charge in [-0.05, 0) is 76.7 Å². The lowest BCUT2D eigenvalue weighted by Gasteiger charge is -2.13. The molecule has 0 saturated heterocycles. The summed E-state index contributed by atoms with van der Waals surface area (Å²) in [6, 6.07) is 46.9. The van der Waals surface area contributed by atoms with Crippen LogP contribution >= 0.6 is 0 Å². The van der Waals surface area contributed by atoms with Crippen LogP contribution in [0.1, 0.15) is 28.3 Å². The van der Waals surface area contributed by atoms with Gasteiger partial charge in [0.25, 0.3) is 0 Å². The number of nitrogens with zero attached hydrogens (tertiary/aromatic N) is 2. The molecule has 3 aromatic heterocycles. The molecule has 8 nitrogen and oxygen atoms in total. The van der Waals surface area contributed by atoms with Crippen LogP contribution in [-0.2, 0) is 25.5 Å². The van der Waals surface area contributed by atoms with E-state index in [4.69, 9.17) is 19.4 Å². The quantitative estimate of drug-likeness (QED) is 0.118. The fourth-order valence-electron chi connectivity index (χ4n) is 7.92. The minimum Gasteiger partial charge on any atom is -0.468 e. The van der Waals surface area contributed by atoms with E-state index in [1.54, 1.807) is 0 Å². The number of methoxy groups -OCH3 is 2. The van der Waals surface area contributed by atoms with Crippen molar-refractivity contribution in [2.24, 2.45) is 5.92 Å². The molecule has 4 aromatic carbocycles. The van der Waals surface area contributed by atoms with Crippen molar-refractivity contribution < 1.29 is 19.1 Å². The number of rotatable bonds is 8. The lowest BCUT2D eigenvalue weighted by atomic mass is 9.96. The number of aromatic nitrogens is 4. The topological polar surface area (TPSA) is 110 Å². The van der Waals surface area contributed by atoms with Crippen molar-refractivity contribution in [2.75, 3.05) is 14.2 Å². The number of fused-ring (bicyclic) bond motifs is 8. The summed E-state index contributed by atoms with van der Waals surface area (Å²) >= 11 is 0. The van der Waals surface area contributed by atoms with E-state index >= 15 is 0 Å². The predicted molar refractivity (Wildman–Crippen MR) is 232 cm³/mol. The van der Waals surface area contributed by atoms with Gasteiger partial charge in [0.05, 0.1) is 42.5 Å². The fraction of sp³-hybridized carbons (Fsp3) is 0.0800. The van der Waals surface area contributed by atoms with Crippen molar-refractivity contribution in [3.63, 3.8) is 0 Å². The predicted octanol–water partition coefficient (Wildman–Crippen LogP) is 10.8. The number of esters is 2. The summed E-state index contributed by atoms with van der Waals surface area (Å²) in [6.45, 7) is 0. The third kappa shape index (κ3) is 6.71. The molecule has 0 aliphatic carbocycles. The molecule has 0 unspecified atom stereocenters. The molecule has 8 bridgehead atoms. The molecule has 0 saturated carbocycles. The van der Waals surface area contributed by atoms with Crippen LogP contribution < -0.4 is 0 Å². The van der Waals surface area contributed by atoms with E-state index in [0.717, 1.165) is 78.1 Å². The number of aromatic amines is 2. The summed E-state index contributed by atoms with van der Waals surface area (Å²) in [5.74, 6) is -2.57. The molecular weight excluding hydrogens is 721 g/mol. The van der Waals surface area contributed by atoms with Crippen LogP contribution in [-0.4, -0.2) is 46.1 Å². The Hall–Kier alpha value is -7.58. The number of hydrogen-bond acceptors (Lipinski definition) is 6. The molecule has 0 fully saturated rings. The minimum absolute atomic E-state index is 0.00905. The summed E-state index contributed by atoms with van der Waals surface area (Å²) in [5.41, 5.74) is 14.4. The maximum Gasteiger partial charge on any atom is 0.320 e. The lowest BCUT2D eigenvalue weighted by Crippen LogP contribution is -2.28. The smallest absolute Gasteiger partial charge is 0.320 e. The Morgan fingerprint density at radius 3 is 1.24 bits per heavy atom. The van der Waals surface area contributed by atoms with Gasteiger partial charge in [0.2, 0.25) is 0 Å². The van der Waals surface area contributed by atoms with E-state index in [1.165, 1.54) is 14.2 Å². The van der Waals surface area contributed by atoms with Crippen LogP contribution in [0.5, 0.6) is 0 Å². The van der Waals surface area contributed by atoms with Crippen LogP contribution in [0, 0.1) is 5.92 Å². The average Bonchev–Trinajstić information content (AvgIpc) is 4.11. The van der Waals surface area contributed by atoms with Crippen LogP contribution in [0.15, 0.2) is 140 Å². The van der Waals surface area contributed by atoms with Crippen LogP contribution in [0.3, 0.4) is 0 Å². The van der Waals surface area contributed by atoms with E-state index in [-0.39, 0.29) is 6.42 Å². The zero-order valence-corrected chi connectivity index (χ0v) is 31.9. The molecule has 2 aliphatic heterocycles. The van der Waals surface area contributed by atoms with E-state index in [1.807, 2.05) is 109 Å². The Morgan fingerprint density at radius 1 is 0.483 bits per heavy atom. The first-order valence-electron chi connectivity index (χ1n) is 19.1. The monoisotopic (exact) mass is 758 g/mol. The van der Waals surface area contributed by atoms with Crippen molar-refractivity contribution in [1.29, 1.82) is 0 Å². The molecule has 0 amide bonds. The summed E-state index contributed by atoms with van der Waals surface area (Å²) in [5, 5.41) is 0. The lowest BCUT2D eigenvalue weighted by molar-refractivity contribution is -0.158. The fourth-order valence-corrected chi connectivity index (χ4v) is 7.92. The van der Waals surface area contributed by atoms with E-state index < -0.39 is 17.9 Å². The third-order valence-corrected chi connectivity index (χ3v) is 10.6. The number of carbonyl (C=O) groups excluding carboxylic acids is 2. The first-order chi connectivity index (χ1) is 28.5. The standard InChI is InChI=1S/C50H38N4O4/c1-57-49(55)36(50(56)58-2)29-35-30-43-46(33-19-11-5-12-20-33)41-26-25-39(52-41)44(31-15-7-3-8-16-31)37-23-24-38(51-37)45(32-17-9-4-10-18-32)40-27-28-42(53-40)47(48(35)54-43)34-21-13-6-14-22-34/h3-28,30,36,51,54H,29H2,1-2H3. The van der Waals surface area contributed by atoms with Gasteiger partial charge in [0.15, 0.2) is 5.92 Å². The van der Waals surface area contributed by atoms with E-state index in [0.29, 0.717) is 16.8 Å². The maximum absolute atomic E-state index is 13.2. The normalized spacial score (nSPS) is 11.8. The zero-order chi connectivity index (χ0) is 39.6. The minimum atomic E-state index is -1.21. The van der Waals surface area contributed by atoms with Gasteiger partial charge in [-0.3, -0.25) is 9.59 Å². The Bertz CT molecular complexity index is 2900. The van der Waals surface area contributed by atoms with Gasteiger partial charge in [-0.25, -0.2) is 9.97 Å². The highest BCUT2D eigenvalue weighted by molar-refractivity contribution is 6.01. The van der Waals surface area contributed by atoms with E-state index in [9.17, 15) is 9.59 Å². The van der Waals surface area contributed by atoms with Gasteiger partial charge in [-0.2, -0.15) is 0 Å². The second kappa shape index (κ2) is 15.5. The van der Waals surface area contributed by atoms with Gasteiger partial charge in [0.1, 0.15) is 0 Å². The number of nitrogens with one attached hydrogen (secondary N) is 2. The Balaban J connectivity index is 1.50. The highest BCUT2D eigenvalue weighted by atomic mass is 16.5. The summed E-state index contributed by atoms with van der Waals surface area (Å²) in [4.78, 5) is 44.8. The van der Waals surface area contributed by atoms with Gasteiger partial charge in [-0.15, -0.1) is 0 Å². The highest BCUT2D eigenvalue weighted by Gasteiger charge is 2.31. The molecule has 2 N–H and O–H groups in total. The number of H-pyrrole nitrogens is 2. The highest BCUT2D eigenvalue weighted by Crippen LogP contribution is 2.40.